The van der Waals surface area contributed by atoms with Gasteiger partial charge in [0.15, 0.2) is 5.82 Å². The normalized spacial score (nSPS) is 22.5. The Hall–Kier alpha value is -4.28. The van der Waals surface area contributed by atoms with Gasteiger partial charge in [0.1, 0.15) is 41.8 Å². The van der Waals surface area contributed by atoms with Crippen molar-refractivity contribution in [2.24, 2.45) is 0 Å². The number of ether oxygens (including phenoxy) is 1. The van der Waals surface area contributed by atoms with Crippen molar-refractivity contribution in [1.29, 1.82) is 0 Å². The van der Waals surface area contributed by atoms with Gasteiger partial charge < -0.3 is 24.3 Å². The van der Waals surface area contributed by atoms with Crippen molar-refractivity contribution in [2.75, 3.05) is 50.9 Å². The molecule has 49 heavy (non-hydrogen) atoms. The van der Waals surface area contributed by atoms with Gasteiger partial charge in [0, 0.05) is 56.3 Å². The molecule has 3 fully saturated rings. The summed E-state index contributed by atoms with van der Waals surface area (Å²) in [4.78, 5) is 50.0. The van der Waals surface area contributed by atoms with E-state index in [9.17, 15) is 27.9 Å². The topological polar surface area (TPSA) is 132 Å². The number of likely N-dealkylation sites (N-methyl/N-ethyl adjacent to an activating group) is 1. The molecule has 256 valence electrons. The molecule has 0 spiro atoms. The number of benzene rings is 2. The van der Waals surface area contributed by atoms with Crippen LogP contribution in [0.3, 0.4) is 0 Å². The molecule has 3 aliphatic rings. The number of nitrogens with zero attached hydrogens (tertiary/aromatic N) is 6. The third kappa shape index (κ3) is 6.10. The summed E-state index contributed by atoms with van der Waals surface area (Å²) in [6.45, 7) is 1.59. The predicted molar refractivity (Wildman–Crippen MR) is 177 cm³/mol. The van der Waals surface area contributed by atoms with Gasteiger partial charge in [-0.2, -0.15) is 9.97 Å². The second-order valence-electron chi connectivity index (χ2n) is 13.1. The monoisotopic (exact) mass is 694 g/mol. The zero-order chi connectivity index (χ0) is 34.7. The molecule has 3 aliphatic heterocycles. The molecule has 3 saturated heterocycles. The highest BCUT2D eigenvalue weighted by atomic mass is 31.2. The van der Waals surface area contributed by atoms with Gasteiger partial charge in [-0.1, -0.05) is 30.2 Å². The summed E-state index contributed by atoms with van der Waals surface area (Å²) >= 11 is 0. The van der Waals surface area contributed by atoms with Gasteiger partial charge in [-0.3, -0.25) is 19.2 Å². The number of amides is 1. The van der Waals surface area contributed by atoms with Crippen molar-refractivity contribution in [3.63, 3.8) is 0 Å². The first kappa shape index (κ1) is 33.2. The number of likely N-dealkylation sites (tertiary alicyclic amines) is 1. The summed E-state index contributed by atoms with van der Waals surface area (Å²) in [5.74, 6) is 0.533. The molecular weight excluding hydrogens is 660 g/mol. The summed E-state index contributed by atoms with van der Waals surface area (Å²) in [5.41, 5.74) is -0.490. The van der Waals surface area contributed by atoms with E-state index in [-0.39, 0.29) is 65.3 Å². The number of fused-ring (bicyclic) bond motifs is 3. The van der Waals surface area contributed by atoms with Crippen molar-refractivity contribution < 1.29 is 37.1 Å². The van der Waals surface area contributed by atoms with Gasteiger partial charge >= 0.3 is 13.6 Å². The largest absolute Gasteiger partial charge is 0.461 e. The smallest absolute Gasteiger partial charge is 0.334 e. The maximum atomic E-state index is 16.8. The molecule has 11 nitrogen and oxygen atoms in total. The average Bonchev–Trinajstić information content (AvgIpc) is 3.77. The number of hydrogen-bond donors (Lipinski definition) is 2. The zero-order valence-electron chi connectivity index (χ0n) is 26.7. The molecule has 3 atom stereocenters. The first-order valence-electron chi connectivity index (χ1n) is 16.0. The SMILES string of the molecule is C#Cc1c(F)ccc2cccc(-c3ncc4c(N(C)[C@@H]5CCN(C(=O)CP(=O)(O)O)C5)nc(OC[C@@]56CCCN5C[C@H](F)C6)nc4c3F)c12. The quantitative estimate of drug-likeness (QED) is 0.204. The number of aromatic nitrogens is 3. The molecule has 0 saturated carbocycles. The van der Waals surface area contributed by atoms with Gasteiger partial charge in [0.05, 0.1) is 16.5 Å². The van der Waals surface area contributed by atoms with Crippen LogP contribution in [0.4, 0.5) is 19.0 Å². The molecule has 0 unspecified atom stereocenters. The Balaban J connectivity index is 1.31. The van der Waals surface area contributed by atoms with Crippen molar-refractivity contribution in [1.82, 2.24) is 24.8 Å². The number of carbonyl (C=O) groups excluding carboxylic acids is 1. The maximum Gasteiger partial charge on any atom is 0.334 e. The molecule has 0 bridgehead atoms. The van der Waals surface area contributed by atoms with Crippen molar-refractivity contribution >= 4 is 41.0 Å². The fourth-order valence-corrected chi connectivity index (χ4v) is 8.17. The first-order chi connectivity index (χ1) is 23.4. The van der Waals surface area contributed by atoms with Crippen LogP contribution in [0.1, 0.15) is 31.2 Å². The van der Waals surface area contributed by atoms with E-state index in [0.29, 0.717) is 30.2 Å². The number of alkyl halides is 1. The van der Waals surface area contributed by atoms with Crippen LogP contribution in [-0.4, -0.2) is 104 Å². The van der Waals surface area contributed by atoms with E-state index in [2.05, 4.69) is 25.8 Å². The molecule has 5 heterocycles. The molecule has 1 amide bonds. The van der Waals surface area contributed by atoms with Crippen LogP contribution >= 0.6 is 7.60 Å². The lowest BCUT2D eigenvalue weighted by molar-refractivity contribution is -0.127. The molecular formula is C34H34F3N6O5P. The second-order valence-corrected chi connectivity index (χ2v) is 14.7. The number of rotatable bonds is 8. The Bertz CT molecular complexity index is 2070. The Morgan fingerprint density at radius 2 is 2.02 bits per heavy atom. The number of pyridine rings is 1. The van der Waals surface area contributed by atoms with E-state index < -0.39 is 43.0 Å². The summed E-state index contributed by atoms with van der Waals surface area (Å²) in [5, 5.41) is 1.17. The van der Waals surface area contributed by atoms with E-state index in [0.717, 1.165) is 19.4 Å². The molecule has 4 aromatic rings. The third-order valence-corrected chi connectivity index (χ3v) is 10.7. The number of carbonyl (C=O) groups is 1. The number of halogens is 3. The molecule has 2 N–H and O–H groups in total. The highest BCUT2D eigenvalue weighted by Crippen LogP contribution is 2.41. The summed E-state index contributed by atoms with van der Waals surface area (Å²) < 4.78 is 63.7. The van der Waals surface area contributed by atoms with E-state index in [1.807, 2.05) is 0 Å². The van der Waals surface area contributed by atoms with E-state index in [4.69, 9.17) is 11.2 Å². The lowest BCUT2D eigenvalue weighted by Crippen LogP contribution is -2.43. The summed E-state index contributed by atoms with van der Waals surface area (Å²) in [6, 6.07) is 7.38. The van der Waals surface area contributed by atoms with Crippen LogP contribution in [0, 0.1) is 24.0 Å². The number of terminal acetylenes is 1. The minimum Gasteiger partial charge on any atom is -0.461 e. The highest BCUT2D eigenvalue weighted by Gasteiger charge is 2.49. The van der Waals surface area contributed by atoms with Crippen LogP contribution in [-0.2, 0) is 9.36 Å². The molecule has 15 heteroatoms. The minimum absolute atomic E-state index is 0.0243. The lowest BCUT2D eigenvalue weighted by atomic mass is 9.95. The maximum absolute atomic E-state index is 16.8. The van der Waals surface area contributed by atoms with Gasteiger partial charge in [-0.25, -0.2) is 13.2 Å². The Labute approximate surface area is 280 Å². The van der Waals surface area contributed by atoms with Crippen molar-refractivity contribution in [3.05, 3.63) is 53.7 Å². The van der Waals surface area contributed by atoms with Crippen LogP contribution in [0.15, 0.2) is 36.5 Å². The molecule has 0 radical (unpaired) electrons. The van der Waals surface area contributed by atoms with Gasteiger partial charge in [0.25, 0.3) is 0 Å². The van der Waals surface area contributed by atoms with Gasteiger partial charge in [0.2, 0.25) is 5.91 Å². The average molecular weight is 695 g/mol. The predicted octanol–water partition coefficient (Wildman–Crippen LogP) is 4.27. The Morgan fingerprint density at radius 3 is 2.80 bits per heavy atom. The van der Waals surface area contributed by atoms with E-state index >= 15 is 4.39 Å². The Morgan fingerprint density at radius 1 is 1.20 bits per heavy atom. The standard InChI is InChI=1S/C34H34F3N6O5P/c1-3-23-26(36)9-8-20-6-4-7-24(28(20)23)30-29(37)31-25(15-38-30)32(41(2)22-10-13-42(17-22)27(44)18-49(45,46)47)40-33(39-31)48-19-34-11-5-12-43(34)16-21(35)14-34/h1,4,6-9,15,21-22H,5,10-14,16-19H2,2H3,(H2,45,46,47)/t21-,22-,34+/m1/s1. The van der Waals surface area contributed by atoms with Gasteiger partial charge in [-0.05, 0) is 37.3 Å². The minimum atomic E-state index is -4.55. The van der Waals surface area contributed by atoms with E-state index in [1.54, 1.807) is 36.2 Å². The molecule has 7 rings (SSSR count). The van der Waals surface area contributed by atoms with Crippen LogP contribution in [0.2, 0.25) is 0 Å². The Kier molecular flexibility index (Phi) is 8.51. The molecule has 0 aliphatic carbocycles. The van der Waals surface area contributed by atoms with Crippen molar-refractivity contribution in [3.8, 4) is 29.6 Å². The molecule has 2 aromatic carbocycles. The van der Waals surface area contributed by atoms with Crippen LogP contribution in [0.5, 0.6) is 6.01 Å². The number of hydrogen-bond acceptors (Lipinski definition) is 8. The number of anilines is 1. The fraction of sp³-hybridized carbons (Fsp3) is 0.412. The lowest BCUT2D eigenvalue weighted by Gasteiger charge is -2.31. The van der Waals surface area contributed by atoms with Crippen molar-refractivity contribution in [2.45, 2.75) is 43.4 Å². The van der Waals surface area contributed by atoms with E-state index in [1.165, 1.54) is 17.2 Å². The highest BCUT2D eigenvalue weighted by molar-refractivity contribution is 7.52. The molecule has 2 aromatic heterocycles. The fourth-order valence-electron chi connectivity index (χ4n) is 7.62. The van der Waals surface area contributed by atoms with Gasteiger partial charge in [-0.15, -0.1) is 6.42 Å². The van der Waals surface area contributed by atoms with Crippen LogP contribution in [0.25, 0.3) is 32.9 Å². The van der Waals surface area contributed by atoms with Crippen LogP contribution < -0.4 is 9.64 Å². The first-order valence-corrected chi connectivity index (χ1v) is 17.8. The second kappa shape index (κ2) is 12.6. The zero-order valence-corrected chi connectivity index (χ0v) is 27.5. The summed E-state index contributed by atoms with van der Waals surface area (Å²) in [7, 11) is -2.84. The third-order valence-electron chi connectivity index (χ3n) is 10.0. The summed E-state index contributed by atoms with van der Waals surface area (Å²) in [6.07, 6.45) is 7.62.